The maximum atomic E-state index is 12.0. The highest BCUT2D eigenvalue weighted by atomic mass is 16.5. The second kappa shape index (κ2) is 6.23. The highest BCUT2D eigenvalue weighted by molar-refractivity contribution is 5.92. The molecule has 7 nitrogen and oxygen atoms in total. The number of amides is 1. The van der Waals surface area contributed by atoms with Crippen molar-refractivity contribution in [2.45, 2.75) is 18.9 Å². The van der Waals surface area contributed by atoms with E-state index in [4.69, 9.17) is 14.0 Å². The number of ether oxygens (including phenoxy) is 2. The van der Waals surface area contributed by atoms with E-state index in [1.54, 1.807) is 6.07 Å². The smallest absolute Gasteiger partial charge is 0.273 e. The Morgan fingerprint density at radius 1 is 1.40 bits per heavy atom. The van der Waals surface area contributed by atoms with Crippen molar-refractivity contribution in [3.05, 3.63) is 11.8 Å². The summed E-state index contributed by atoms with van der Waals surface area (Å²) in [6, 6.07) is 1.68. The Morgan fingerprint density at radius 2 is 2.25 bits per heavy atom. The van der Waals surface area contributed by atoms with Crippen LogP contribution in [-0.4, -0.2) is 56.6 Å². The minimum Gasteiger partial charge on any atom is -0.378 e. The van der Waals surface area contributed by atoms with Gasteiger partial charge in [0.25, 0.3) is 5.91 Å². The minimum atomic E-state index is -0.219. The van der Waals surface area contributed by atoms with Crippen LogP contribution >= 0.6 is 0 Å². The average molecular weight is 281 g/mol. The Morgan fingerprint density at radius 3 is 3.00 bits per heavy atom. The molecule has 2 fully saturated rings. The van der Waals surface area contributed by atoms with Crippen LogP contribution in [0.5, 0.6) is 0 Å². The van der Waals surface area contributed by atoms with Crippen molar-refractivity contribution in [2.75, 3.05) is 44.4 Å². The van der Waals surface area contributed by atoms with Crippen LogP contribution in [0.25, 0.3) is 0 Å². The third-order valence-corrected chi connectivity index (χ3v) is 3.57. The SMILES string of the molecule is O=C(NC[C@H]1CCCO1)c1cc(N2CCOCC2)on1. The van der Waals surface area contributed by atoms with E-state index in [1.807, 2.05) is 4.90 Å². The van der Waals surface area contributed by atoms with Gasteiger partial charge in [0.15, 0.2) is 5.69 Å². The fourth-order valence-electron chi connectivity index (χ4n) is 2.41. The number of nitrogens with one attached hydrogen (secondary N) is 1. The van der Waals surface area contributed by atoms with Gasteiger partial charge in [0.05, 0.1) is 19.3 Å². The molecule has 0 saturated carbocycles. The number of rotatable bonds is 4. The number of nitrogens with zero attached hydrogens (tertiary/aromatic N) is 2. The summed E-state index contributed by atoms with van der Waals surface area (Å²) in [5.41, 5.74) is 0.310. The second-order valence-electron chi connectivity index (χ2n) is 4.99. The van der Waals surface area contributed by atoms with Gasteiger partial charge >= 0.3 is 0 Å². The first-order valence-corrected chi connectivity index (χ1v) is 7.02. The van der Waals surface area contributed by atoms with Gasteiger partial charge < -0.3 is 24.2 Å². The maximum absolute atomic E-state index is 12.0. The third kappa shape index (κ3) is 3.10. The van der Waals surface area contributed by atoms with Gasteiger partial charge in [-0.05, 0) is 12.8 Å². The molecule has 0 bridgehead atoms. The maximum Gasteiger partial charge on any atom is 0.273 e. The Kier molecular flexibility index (Phi) is 4.17. The molecule has 3 rings (SSSR count). The summed E-state index contributed by atoms with van der Waals surface area (Å²) in [7, 11) is 0. The minimum absolute atomic E-state index is 0.129. The van der Waals surface area contributed by atoms with E-state index >= 15 is 0 Å². The lowest BCUT2D eigenvalue weighted by Gasteiger charge is -2.25. The molecule has 1 amide bonds. The van der Waals surface area contributed by atoms with Crippen molar-refractivity contribution in [1.82, 2.24) is 10.5 Å². The summed E-state index contributed by atoms with van der Waals surface area (Å²) in [5, 5.41) is 6.65. The molecule has 1 aromatic heterocycles. The summed E-state index contributed by atoms with van der Waals surface area (Å²) in [6.07, 6.45) is 2.19. The van der Waals surface area contributed by atoms with Crippen LogP contribution in [0.2, 0.25) is 0 Å². The van der Waals surface area contributed by atoms with Gasteiger partial charge in [-0.1, -0.05) is 5.16 Å². The molecule has 0 aliphatic carbocycles. The van der Waals surface area contributed by atoms with E-state index in [0.717, 1.165) is 32.5 Å². The number of hydrogen-bond donors (Lipinski definition) is 1. The first kappa shape index (κ1) is 13.4. The first-order chi connectivity index (χ1) is 9.83. The van der Waals surface area contributed by atoms with Crippen molar-refractivity contribution in [1.29, 1.82) is 0 Å². The lowest BCUT2D eigenvalue weighted by Crippen LogP contribution is -2.36. The fraction of sp³-hybridized carbons (Fsp3) is 0.692. The van der Waals surface area contributed by atoms with Crippen molar-refractivity contribution >= 4 is 11.8 Å². The van der Waals surface area contributed by atoms with Crippen molar-refractivity contribution in [3.63, 3.8) is 0 Å². The summed E-state index contributed by atoms with van der Waals surface area (Å²) in [6.45, 7) is 4.16. The monoisotopic (exact) mass is 281 g/mol. The lowest BCUT2D eigenvalue weighted by atomic mass is 10.2. The molecule has 0 unspecified atom stereocenters. The summed E-state index contributed by atoms with van der Waals surface area (Å²) in [4.78, 5) is 14.0. The van der Waals surface area contributed by atoms with Crippen LogP contribution in [0, 0.1) is 0 Å². The fourth-order valence-corrected chi connectivity index (χ4v) is 2.41. The van der Waals surface area contributed by atoms with Crippen molar-refractivity contribution in [3.8, 4) is 0 Å². The zero-order chi connectivity index (χ0) is 13.8. The van der Waals surface area contributed by atoms with Crippen molar-refractivity contribution in [2.24, 2.45) is 0 Å². The quantitative estimate of drug-likeness (QED) is 0.862. The molecule has 110 valence electrons. The van der Waals surface area contributed by atoms with Crippen LogP contribution in [0.15, 0.2) is 10.6 Å². The van der Waals surface area contributed by atoms with Crippen LogP contribution in [0.3, 0.4) is 0 Å². The summed E-state index contributed by atoms with van der Waals surface area (Å²) >= 11 is 0. The number of carbonyl (C=O) groups excluding carboxylic acids is 1. The van der Waals surface area contributed by atoms with Gasteiger partial charge in [-0.2, -0.15) is 0 Å². The highest BCUT2D eigenvalue weighted by Gasteiger charge is 2.20. The van der Waals surface area contributed by atoms with E-state index in [0.29, 0.717) is 31.3 Å². The Hall–Kier alpha value is -1.60. The third-order valence-electron chi connectivity index (χ3n) is 3.57. The predicted molar refractivity (Wildman–Crippen MR) is 70.8 cm³/mol. The predicted octanol–water partition coefficient (Wildman–Crippen LogP) is 0.420. The van der Waals surface area contributed by atoms with Crippen molar-refractivity contribution < 1.29 is 18.8 Å². The molecule has 1 aromatic rings. The number of carbonyl (C=O) groups is 1. The lowest BCUT2D eigenvalue weighted by molar-refractivity contribution is 0.0850. The first-order valence-electron chi connectivity index (χ1n) is 7.02. The molecule has 2 aliphatic heterocycles. The van der Waals surface area contributed by atoms with Gasteiger partial charge in [0, 0.05) is 32.3 Å². The molecule has 1 N–H and O–H groups in total. The molecule has 20 heavy (non-hydrogen) atoms. The molecule has 7 heteroatoms. The standard InChI is InChI=1S/C13H19N3O4/c17-13(14-9-10-2-1-5-19-10)11-8-12(20-15-11)16-3-6-18-7-4-16/h8,10H,1-7,9H2,(H,14,17)/t10-/m1/s1. The molecule has 2 aliphatic rings. The van der Waals surface area contributed by atoms with E-state index in [9.17, 15) is 4.79 Å². The topological polar surface area (TPSA) is 76.8 Å². The zero-order valence-corrected chi connectivity index (χ0v) is 11.3. The number of anilines is 1. The van der Waals surface area contributed by atoms with Crippen LogP contribution < -0.4 is 10.2 Å². The number of aromatic nitrogens is 1. The zero-order valence-electron chi connectivity index (χ0n) is 11.3. The second-order valence-corrected chi connectivity index (χ2v) is 4.99. The normalized spacial score (nSPS) is 23.0. The van der Waals surface area contributed by atoms with Crippen LogP contribution in [0.1, 0.15) is 23.3 Å². The van der Waals surface area contributed by atoms with Gasteiger partial charge in [-0.3, -0.25) is 4.79 Å². The molecule has 0 spiro atoms. The molecule has 0 aromatic carbocycles. The van der Waals surface area contributed by atoms with Crippen LogP contribution in [-0.2, 0) is 9.47 Å². The van der Waals surface area contributed by atoms with E-state index in [2.05, 4.69) is 10.5 Å². The number of hydrogen-bond acceptors (Lipinski definition) is 6. The summed E-state index contributed by atoms with van der Waals surface area (Å²) < 4.78 is 16.0. The van der Waals surface area contributed by atoms with E-state index < -0.39 is 0 Å². The molecule has 3 heterocycles. The molecule has 0 radical (unpaired) electrons. The van der Waals surface area contributed by atoms with E-state index in [-0.39, 0.29) is 12.0 Å². The average Bonchev–Trinajstić information content (AvgIpc) is 3.17. The molecular formula is C13H19N3O4. The molecule has 2 saturated heterocycles. The van der Waals surface area contributed by atoms with E-state index in [1.165, 1.54) is 0 Å². The van der Waals surface area contributed by atoms with Gasteiger partial charge in [0.2, 0.25) is 5.88 Å². The van der Waals surface area contributed by atoms with Gasteiger partial charge in [-0.25, -0.2) is 0 Å². The summed E-state index contributed by atoms with van der Waals surface area (Å²) in [5.74, 6) is 0.402. The Bertz CT molecular complexity index is 450. The van der Waals surface area contributed by atoms with Gasteiger partial charge in [-0.15, -0.1) is 0 Å². The Labute approximate surface area is 117 Å². The largest absolute Gasteiger partial charge is 0.378 e. The molecular weight excluding hydrogens is 262 g/mol. The van der Waals surface area contributed by atoms with Gasteiger partial charge in [0.1, 0.15) is 0 Å². The molecule has 1 atom stereocenters. The Balaban J connectivity index is 1.53. The van der Waals surface area contributed by atoms with Crippen LogP contribution in [0.4, 0.5) is 5.88 Å². The highest BCUT2D eigenvalue weighted by Crippen LogP contribution is 2.17. The number of morpholine rings is 1.